The van der Waals surface area contributed by atoms with E-state index >= 15 is 0 Å². The fourth-order valence-corrected chi connectivity index (χ4v) is 1.27. The van der Waals surface area contributed by atoms with Gasteiger partial charge < -0.3 is 15.0 Å². The second-order valence-corrected chi connectivity index (χ2v) is 3.60. The highest BCUT2D eigenvalue weighted by Crippen LogP contribution is 2.14. The van der Waals surface area contributed by atoms with Gasteiger partial charge in [-0.1, -0.05) is 5.16 Å². The maximum atomic E-state index is 11.7. The average molecular weight is 255 g/mol. The number of esters is 1. The lowest BCUT2D eigenvalue weighted by Gasteiger charge is -2.11. The number of primary amides is 1. The van der Waals surface area contributed by atoms with Crippen LogP contribution in [0, 0.1) is 13.8 Å². The number of hydrogen-bond donors (Lipinski definition) is 2. The zero-order valence-electron chi connectivity index (χ0n) is 10.1. The van der Waals surface area contributed by atoms with Gasteiger partial charge in [-0.3, -0.25) is 10.1 Å². The molecule has 8 heteroatoms. The summed E-state index contributed by atoms with van der Waals surface area (Å²) < 4.78 is 9.66. The van der Waals surface area contributed by atoms with Gasteiger partial charge in [-0.15, -0.1) is 0 Å². The number of urea groups is 1. The normalized spacial score (nSPS) is 11.7. The Kier molecular flexibility index (Phi) is 4.03. The molecule has 0 aliphatic rings. The molecule has 0 aliphatic carbocycles. The van der Waals surface area contributed by atoms with Crippen LogP contribution < -0.4 is 11.1 Å². The fraction of sp³-hybridized carbons (Fsp3) is 0.400. The van der Waals surface area contributed by atoms with Crippen LogP contribution in [0.4, 0.5) is 4.79 Å². The van der Waals surface area contributed by atoms with Crippen LogP contribution in [0.5, 0.6) is 0 Å². The molecule has 0 radical (unpaired) electrons. The molecule has 3 N–H and O–H groups in total. The zero-order chi connectivity index (χ0) is 13.9. The lowest BCUT2D eigenvalue weighted by Crippen LogP contribution is -2.42. The number of hydrogen-bond acceptors (Lipinski definition) is 6. The molecule has 1 heterocycles. The number of nitrogens with two attached hydrogens (primary N) is 1. The summed E-state index contributed by atoms with van der Waals surface area (Å²) in [6.07, 6.45) is -1.15. The van der Waals surface area contributed by atoms with Gasteiger partial charge in [0, 0.05) is 0 Å². The van der Waals surface area contributed by atoms with Crippen LogP contribution in [-0.2, 0) is 9.53 Å². The summed E-state index contributed by atoms with van der Waals surface area (Å²) in [4.78, 5) is 33.5. The summed E-state index contributed by atoms with van der Waals surface area (Å²) in [5.74, 6) is -1.26. The van der Waals surface area contributed by atoms with Gasteiger partial charge in [-0.05, 0) is 20.8 Å². The minimum atomic E-state index is -1.15. The Balaban J connectivity index is 2.71. The number of amides is 3. The van der Waals surface area contributed by atoms with E-state index < -0.39 is 24.0 Å². The Hall–Kier alpha value is -2.38. The number of aromatic nitrogens is 1. The molecule has 0 saturated heterocycles. The number of carbonyl (C=O) groups is 3. The van der Waals surface area contributed by atoms with Gasteiger partial charge in [-0.2, -0.15) is 0 Å². The third-order valence-corrected chi connectivity index (χ3v) is 2.14. The van der Waals surface area contributed by atoms with E-state index in [0.717, 1.165) is 0 Å². The molecule has 1 rings (SSSR count). The predicted molar refractivity (Wildman–Crippen MR) is 58.6 cm³/mol. The van der Waals surface area contributed by atoms with Gasteiger partial charge in [0.15, 0.2) is 6.10 Å². The Morgan fingerprint density at radius 1 is 1.39 bits per heavy atom. The standard InChI is InChI=1S/C10H13N3O5/c1-4-7(5(2)18-13-4)9(15)17-6(3)8(14)12-10(11)16/h6H,1-3H3,(H3,11,12,14,16)/t6-/m1/s1. The summed E-state index contributed by atoms with van der Waals surface area (Å²) in [6.45, 7) is 4.43. The van der Waals surface area contributed by atoms with E-state index in [9.17, 15) is 14.4 Å². The average Bonchev–Trinajstić information content (AvgIpc) is 2.57. The minimum absolute atomic E-state index is 0.161. The van der Waals surface area contributed by atoms with Crippen LogP contribution in [0.15, 0.2) is 4.52 Å². The van der Waals surface area contributed by atoms with Gasteiger partial charge in [0.1, 0.15) is 11.3 Å². The van der Waals surface area contributed by atoms with Crippen LogP contribution in [0.2, 0.25) is 0 Å². The van der Waals surface area contributed by atoms with E-state index in [-0.39, 0.29) is 5.56 Å². The molecule has 1 aromatic heterocycles. The van der Waals surface area contributed by atoms with Crippen molar-refractivity contribution in [3.8, 4) is 0 Å². The van der Waals surface area contributed by atoms with Crippen LogP contribution in [0.1, 0.15) is 28.7 Å². The highest BCUT2D eigenvalue weighted by molar-refractivity contribution is 5.98. The molecule has 0 saturated carbocycles. The van der Waals surface area contributed by atoms with Gasteiger partial charge in [0.2, 0.25) is 0 Å². The second kappa shape index (κ2) is 5.30. The summed E-state index contributed by atoms with van der Waals surface area (Å²) in [6, 6.07) is -1.01. The van der Waals surface area contributed by atoms with Gasteiger partial charge >= 0.3 is 12.0 Å². The van der Waals surface area contributed by atoms with E-state index in [2.05, 4.69) is 5.16 Å². The number of ether oxygens (including phenoxy) is 1. The Bertz CT molecular complexity index is 474. The maximum absolute atomic E-state index is 11.7. The summed E-state index contributed by atoms with van der Waals surface area (Å²) in [5.41, 5.74) is 5.29. The molecule has 18 heavy (non-hydrogen) atoms. The topological polar surface area (TPSA) is 125 Å². The van der Waals surface area contributed by atoms with E-state index in [4.69, 9.17) is 15.0 Å². The van der Waals surface area contributed by atoms with Crippen molar-refractivity contribution in [1.82, 2.24) is 10.5 Å². The van der Waals surface area contributed by atoms with E-state index in [1.807, 2.05) is 0 Å². The first-order chi connectivity index (χ1) is 8.32. The zero-order valence-corrected chi connectivity index (χ0v) is 10.1. The van der Waals surface area contributed by atoms with Gasteiger partial charge in [0.05, 0.1) is 5.69 Å². The monoisotopic (exact) mass is 255 g/mol. The Morgan fingerprint density at radius 2 is 2.00 bits per heavy atom. The highest BCUT2D eigenvalue weighted by atomic mass is 16.5. The number of nitrogens with zero attached hydrogens (tertiary/aromatic N) is 1. The Morgan fingerprint density at radius 3 is 2.44 bits per heavy atom. The molecule has 0 aliphatic heterocycles. The maximum Gasteiger partial charge on any atom is 0.344 e. The molecule has 0 fully saturated rings. The Labute approximate surface area is 102 Å². The van der Waals surface area contributed by atoms with Crippen molar-refractivity contribution in [1.29, 1.82) is 0 Å². The second-order valence-electron chi connectivity index (χ2n) is 3.60. The summed E-state index contributed by atoms with van der Waals surface area (Å²) in [5, 5.41) is 5.39. The molecule has 1 aromatic rings. The first kappa shape index (κ1) is 13.7. The number of imide groups is 1. The van der Waals surface area contributed by atoms with Gasteiger partial charge in [-0.25, -0.2) is 9.59 Å². The van der Waals surface area contributed by atoms with Crippen molar-refractivity contribution in [3.63, 3.8) is 0 Å². The summed E-state index contributed by atoms with van der Waals surface area (Å²) in [7, 11) is 0. The van der Waals surface area contributed by atoms with Crippen molar-refractivity contribution in [3.05, 3.63) is 17.0 Å². The van der Waals surface area contributed by atoms with E-state index in [0.29, 0.717) is 11.5 Å². The first-order valence-corrected chi connectivity index (χ1v) is 5.07. The lowest BCUT2D eigenvalue weighted by atomic mass is 10.2. The first-order valence-electron chi connectivity index (χ1n) is 5.07. The van der Waals surface area contributed by atoms with Crippen LogP contribution in [0.25, 0.3) is 0 Å². The smallest absolute Gasteiger partial charge is 0.344 e. The van der Waals surface area contributed by atoms with Crippen molar-refractivity contribution >= 4 is 17.9 Å². The van der Waals surface area contributed by atoms with Crippen molar-refractivity contribution < 1.29 is 23.6 Å². The van der Waals surface area contributed by atoms with Crippen LogP contribution in [-0.4, -0.2) is 29.2 Å². The molecule has 98 valence electrons. The molecule has 0 aromatic carbocycles. The largest absolute Gasteiger partial charge is 0.449 e. The summed E-state index contributed by atoms with van der Waals surface area (Å²) >= 11 is 0. The fourth-order valence-electron chi connectivity index (χ4n) is 1.27. The molecular weight excluding hydrogens is 242 g/mol. The molecule has 0 bridgehead atoms. The number of nitrogens with one attached hydrogen (secondary N) is 1. The third kappa shape index (κ3) is 3.06. The number of rotatable bonds is 3. The molecule has 0 unspecified atom stereocenters. The minimum Gasteiger partial charge on any atom is -0.449 e. The molecule has 1 atom stereocenters. The van der Waals surface area contributed by atoms with Crippen molar-refractivity contribution in [2.75, 3.05) is 0 Å². The van der Waals surface area contributed by atoms with Crippen LogP contribution >= 0.6 is 0 Å². The van der Waals surface area contributed by atoms with E-state index in [1.54, 1.807) is 19.2 Å². The third-order valence-electron chi connectivity index (χ3n) is 2.14. The molecule has 8 nitrogen and oxygen atoms in total. The lowest BCUT2D eigenvalue weighted by molar-refractivity contribution is -0.127. The number of aryl methyl sites for hydroxylation is 2. The van der Waals surface area contributed by atoms with Crippen molar-refractivity contribution in [2.24, 2.45) is 5.73 Å². The van der Waals surface area contributed by atoms with Gasteiger partial charge in [0.25, 0.3) is 5.91 Å². The number of carbonyl (C=O) groups excluding carboxylic acids is 3. The quantitative estimate of drug-likeness (QED) is 0.734. The molecule has 0 spiro atoms. The SMILES string of the molecule is Cc1noc(C)c1C(=O)O[C@H](C)C(=O)NC(N)=O. The molecule has 3 amide bonds. The van der Waals surface area contributed by atoms with E-state index in [1.165, 1.54) is 6.92 Å². The predicted octanol–water partition coefficient (Wildman–Crippen LogP) is 0.0316. The van der Waals surface area contributed by atoms with Crippen LogP contribution in [0.3, 0.4) is 0 Å². The highest BCUT2D eigenvalue weighted by Gasteiger charge is 2.24. The molecular formula is C10H13N3O5. The van der Waals surface area contributed by atoms with Crippen molar-refractivity contribution in [2.45, 2.75) is 26.9 Å².